The predicted octanol–water partition coefficient (Wildman–Crippen LogP) is 2.32. The third kappa shape index (κ3) is 4.79. The molecule has 56 valence electrons. The van der Waals surface area contributed by atoms with Gasteiger partial charge in [-0.2, -0.15) is 0 Å². The van der Waals surface area contributed by atoms with E-state index >= 15 is 0 Å². The summed E-state index contributed by atoms with van der Waals surface area (Å²) >= 11 is 4.24. The molecule has 0 aliphatic rings. The average Bonchev–Trinajstić information content (AvgIpc) is 1.63. The largest absolute Gasteiger partial charge is 0.365 e. The van der Waals surface area contributed by atoms with E-state index in [2.05, 4.69) is 26.5 Å². The van der Waals surface area contributed by atoms with Crippen molar-refractivity contribution in [3.63, 3.8) is 0 Å². The van der Waals surface area contributed by atoms with E-state index in [1.807, 2.05) is 13.8 Å². The van der Waals surface area contributed by atoms with Gasteiger partial charge in [-0.1, -0.05) is 13.8 Å². The number of rotatable bonds is 3. The molecule has 0 fully saturated rings. The molecule has 0 saturated carbocycles. The van der Waals surface area contributed by atoms with Crippen LogP contribution < -0.4 is 0 Å². The second-order valence-corrected chi connectivity index (χ2v) is 3.33. The molecule has 0 radical (unpaired) electrons. The molecule has 0 aromatic carbocycles. The number of hydrogen-bond acceptors (Lipinski definition) is 2. The van der Waals surface area contributed by atoms with Crippen molar-refractivity contribution in [2.45, 2.75) is 39.2 Å². The van der Waals surface area contributed by atoms with E-state index in [1.165, 1.54) is 0 Å². The van der Waals surface area contributed by atoms with Crippen molar-refractivity contribution in [2.24, 2.45) is 5.92 Å². The zero-order chi connectivity index (χ0) is 7.44. The van der Waals surface area contributed by atoms with Gasteiger partial charge in [0.25, 0.3) is 0 Å². The van der Waals surface area contributed by atoms with Crippen LogP contribution in [0.5, 0.6) is 0 Å². The molecule has 0 aliphatic carbocycles. The van der Waals surface area contributed by atoms with Crippen LogP contribution in [0.4, 0.5) is 0 Å². The maximum Gasteiger partial charge on any atom is 0.103 e. The number of hydrogen-bond donors (Lipinski definition) is 1. The molecule has 1 atom stereocenters. The Kier molecular flexibility index (Phi) is 4.32. The second kappa shape index (κ2) is 4.18. The fourth-order valence-corrected chi connectivity index (χ4v) is 0.679. The Hall–Kier alpha value is 0.310. The zero-order valence-corrected chi connectivity index (χ0v) is 7.48. The van der Waals surface area contributed by atoms with Crippen LogP contribution in [0.25, 0.3) is 0 Å². The first kappa shape index (κ1) is 9.31. The summed E-state index contributed by atoms with van der Waals surface area (Å²) in [6.07, 6.45) is 0.287. The molecule has 0 saturated heterocycles. The van der Waals surface area contributed by atoms with Gasteiger partial charge in [0.2, 0.25) is 0 Å². The minimum absolute atomic E-state index is 0.0880. The Morgan fingerprint density at radius 1 is 1.11 bits per heavy atom. The molecule has 0 aromatic rings. The molecule has 0 rings (SSSR count). The molecule has 0 heterocycles. The zero-order valence-electron chi connectivity index (χ0n) is 6.59. The van der Waals surface area contributed by atoms with Crippen molar-refractivity contribution in [2.75, 3.05) is 0 Å². The molecular weight excluding hydrogens is 132 g/mol. The monoisotopic (exact) mass is 148 g/mol. The molecule has 2 heteroatoms. The first-order valence-corrected chi connectivity index (χ1v) is 3.89. The Bertz CT molecular complexity index is 71.3. The van der Waals surface area contributed by atoms with Gasteiger partial charge in [0, 0.05) is 0 Å². The Labute approximate surface area is 63.2 Å². The first-order valence-electron chi connectivity index (χ1n) is 3.37. The maximum absolute atomic E-state index is 5.38. The van der Waals surface area contributed by atoms with Gasteiger partial charge in [-0.15, -0.1) is 12.6 Å². The molecule has 9 heavy (non-hydrogen) atoms. The van der Waals surface area contributed by atoms with Gasteiger partial charge in [-0.25, -0.2) is 0 Å². The predicted molar refractivity (Wildman–Crippen MR) is 43.8 cm³/mol. The van der Waals surface area contributed by atoms with Crippen LogP contribution in [0.2, 0.25) is 0 Å². The van der Waals surface area contributed by atoms with Crippen LogP contribution in [-0.4, -0.2) is 11.5 Å². The van der Waals surface area contributed by atoms with Crippen LogP contribution in [0.15, 0.2) is 0 Å². The van der Waals surface area contributed by atoms with E-state index in [0.29, 0.717) is 5.92 Å². The molecule has 0 aliphatic heterocycles. The minimum atomic E-state index is 0.0880. The SMILES string of the molecule is CC(C)OC(S)C(C)C. The van der Waals surface area contributed by atoms with Gasteiger partial charge in [-0.05, 0) is 19.8 Å². The van der Waals surface area contributed by atoms with Gasteiger partial charge >= 0.3 is 0 Å². The fraction of sp³-hybridized carbons (Fsp3) is 1.00. The highest BCUT2D eigenvalue weighted by Gasteiger charge is 2.08. The van der Waals surface area contributed by atoms with E-state index in [1.54, 1.807) is 0 Å². The summed E-state index contributed by atoms with van der Waals surface area (Å²) in [5.41, 5.74) is 0.0880. The van der Waals surface area contributed by atoms with E-state index in [-0.39, 0.29) is 11.5 Å². The van der Waals surface area contributed by atoms with E-state index < -0.39 is 0 Å². The molecule has 1 unspecified atom stereocenters. The number of thiol groups is 1. The van der Waals surface area contributed by atoms with E-state index in [0.717, 1.165) is 0 Å². The Morgan fingerprint density at radius 3 is 1.67 bits per heavy atom. The van der Waals surface area contributed by atoms with Gasteiger partial charge in [0.15, 0.2) is 0 Å². The fourth-order valence-electron chi connectivity index (χ4n) is 0.436. The topological polar surface area (TPSA) is 9.23 Å². The van der Waals surface area contributed by atoms with Crippen molar-refractivity contribution < 1.29 is 4.74 Å². The van der Waals surface area contributed by atoms with Crippen LogP contribution in [0.3, 0.4) is 0 Å². The third-order valence-electron chi connectivity index (χ3n) is 0.982. The molecule has 0 N–H and O–H groups in total. The summed E-state index contributed by atoms with van der Waals surface area (Å²) in [6.45, 7) is 8.23. The standard InChI is InChI=1S/C7H16OS/c1-5(2)7(9)8-6(3)4/h5-7,9H,1-4H3. The Morgan fingerprint density at radius 2 is 1.56 bits per heavy atom. The van der Waals surface area contributed by atoms with Crippen molar-refractivity contribution in [1.29, 1.82) is 0 Å². The lowest BCUT2D eigenvalue weighted by Crippen LogP contribution is -2.17. The lowest BCUT2D eigenvalue weighted by atomic mass is 10.2. The quantitative estimate of drug-likeness (QED) is 0.477. The van der Waals surface area contributed by atoms with Gasteiger partial charge in [-0.3, -0.25) is 0 Å². The third-order valence-corrected chi connectivity index (χ3v) is 1.70. The summed E-state index contributed by atoms with van der Waals surface area (Å²) in [7, 11) is 0. The summed E-state index contributed by atoms with van der Waals surface area (Å²) in [4.78, 5) is 0. The van der Waals surface area contributed by atoms with Crippen LogP contribution in [-0.2, 0) is 4.74 Å². The van der Waals surface area contributed by atoms with Crippen LogP contribution >= 0.6 is 12.6 Å². The van der Waals surface area contributed by atoms with Crippen LogP contribution in [0.1, 0.15) is 27.7 Å². The highest BCUT2D eigenvalue weighted by atomic mass is 32.1. The lowest BCUT2D eigenvalue weighted by Gasteiger charge is -2.17. The van der Waals surface area contributed by atoms with Gasteiger partial charge in [0.1, 0.15) is 5.44 Å². The minimum Gasteiger partial charge on any atom is -0.365 e. The van der Waals surface area contributed by atoms with Gasteiger partial charge < -0.3 is 4.74 Å². The van der Waals surface area contributed by atoms with Crippen molar-refractivity contribution >= 4 is 12.6 Å². The van der Waals surface area contributed by atoms with Gasteiger partial charge in [0.05, 0.1) is 6.10 Å². The van der Waals surface area contributed by atoms with E-state index in [4.69, 9.17) is 4.74 Å². The molecule has 0 amide bonds. The van der Waals surface area contributed by atoms with Crippen molar-refractivity contribution in [3.8, 4) is 0 Å². The van der Waals surface area contributed by atoms with Crippen LogP contribution in [0, 0.1) is 5.92 Å². The number of ether oxygens (including phenoxy) is 1. The molecule has 0 spiro atoms. The summed E-state index contributed by atoms with van der Waals surface area (Å²) in [5.74, 6) is 0.496. The van der Waals surface area contributed by atoms with E-state index in [9.17, 15) is 0 Å². The maximum atomic E-state index is 5.38. The Balaban J connectivity index is 3.38. The second-order valence-electron chi connectivity index (χ2n) is 2.82. The summed E-state index contributed by atoms with van der Waals surface area (Å²) < 4.78 is 5.38. The molecule has 1 nitrogen and oxygen atoms in total. The average molecular weight is 148 g/mol. The highest BCUT2D eigenvalue weighted by molar-refractivity contribution is 7.80. The molecular formula is C7H16OS. The smallest absolute Gasteiger partial charge is 0.103 e. The summed E-state index contributed by atoms with van der Waals surface area (Å²) in [6, 6.07) is 0. The molecule has 0 bridgehead atoms. The molecule has 0 aromatic heterocycles. The summed E-state index contributed by atoms with van der Waals surface area (Å²) in [5, 5.41) is 0. The van der Waals surface area contributed by atoms with Crippen molar-refractivity contribution in [1.82, 2.24) is 0 Å². The first-order chi connectivity index (χ1) is 4.04. The van der Waals surface area contributed by atoms with Crippen molar-refractivity contribution in [3.05, 3.63) is 0 Å². The highest BCUT2D eigenvalue weighted by Crippen LogP contribution is 2.11. The lowest BCUT2D eigenvalue weighted by molar-refractivity contribution is 0.0373. The normalized spacial score (nSPS) is 15.0.